The number of esters is 1. The Morgan fingerprint density at radius 1 is 1.22 bits per heavy atom. The molecule has 1 aromatic heterocycles. The van der Waals surface area contributed by atoms with E-state index in [2.05, 4.69) is 10.3 Å². The molecule has 0 radical (unpaired) electrons. The summed E-state index contributed by atoms with van der Waals surface area (Å²) < 4.78 is 17.5. The van der Waals surface area contributed by atoms with Crippen molar-refractivity contribution in [2.24, 2.45) is 0 Å². The monoisotopic (exact) mass is 334 g/mol. The zero-order chi connectivity index (χ0) is 16.7. The van der Waals surface area contributed by atoms with Crippen LogP contribution in [0.25, 0.3) is 6.08 Å². The molecule has 23 heavy (non-hydrogen) atoms. The van der Waals surface area contributed by atoms with Gasteiger partial charge in [-0.3, -0.25) is 4.79 Å². The molecule has 0 saturated heterocycles. The maximum atomic E-state index is 12.7. The minimum absolute atomic E-state index is 0.303. The van der Waals surface area contributed by atoms with Crippen LogP contribution in [0, 0.1) is 5.82 Å². The third-order valence-electron chi connectivity index (χ3n) is 2.62. The summed E-state index contributed by atoms with van der Waals surface area (Å²) >= 11 is 5.67. The number of hydrogen-bond donors (Lipinski definition) is 1. The summed E-state index contributed by atoms with van der Waals surface area (Å²) in [6.45, 7) is -0.448. The van der Waals surface area contributed by atoms with Crippen molar-refractivity contribution in [3.05, 3.63) is 65.1 Å². The number of pyridine rings is 1. The number of carbonyl (C=O) groups excluding carboxylic acids is 2. The molecule has 0 unspecified atom stereocenters. The largest absolute Gasteiger partial charge is 0.452 e. The van der Waals surface area contributed by atoms with Crippen LogP contribution in [0.2, 0.25) is 5.02 Å². The van der Waals surface area contributed by atoms with Crippen molar-refractivity contribution in [3.8, 4) is 0 Å². The Morgan fingerprint density at radius 3 is 2.61 bits per heavy atom. The fourth-order valence-corrected chi connectivity index (χ4v) is 1.66. The predicted molar refractivity (Wildman–Crippen MR) is 84.3 cm³/mol. The minimum Gasteiger partial charge on any atom is -0.452 e. The molecule has 5 nitrogen and oxygen atoms in total. The Labute approximate surface area is 136 Å². The van der Waals surface area contributed by atoms with E-state index in [1.165, 1.54) is 42.6 Å². The van der Waals surface area contributed by atoms with Crippen molar-refractivity contribution >= 4 is 35.4 Å². The van der Waals surface area contributed by atoms with Crippen molar-refractivity contribution < 1.29 is 18.7 Å². The Bertz CT molecular complexity index is 715. The van der Waals surface area contributed by atoms with E-state index in [0.717, 1.165) is 6.08 Å². The van der Waals surface area contributed by atoms with E-state index in [1.807, 2.05) is 0 Å². The molecule has 0 fully saturated rings. The van der Waals surface area contributed by atoms with Gasteiger partial charge in [-0.05, 0) is 35.9 Å². The lowest BCUT2D eigenvalue weighted by atomic mass is 10.2. The maximum absolute atomic E-state index is 12.7. The average Bonchev–Trinajstić information content (AvgIpc) is 2.54. The van der Waals surface area contributed by atoms with Crippen molar-refractivity contribution in [2.75, 3.05) is 11.9 Å². The third kappa shape index (κ3) is 5.88. The number of rotatable bonds is 5. The maximum Gasteiger partial charge on any atom is 0.331 e. The van der Waals surface area contributed by atoms with E-state index >= 15 is 0 Å². The first-order valence-electron chi connectivity index (χ1n) is 6.55. The van der Waals surface area contributed by atoms with Crippen molar-refractivity contribution in [1.82, 2.24) is 4.98 Å². The number of nitrogens with one attached hydrogen (secondary N) is 1. The van der Waals surface area contributed by atoms with Gasteiger partial charge in [0.2, 0.25) is 0 Å². The summed E-state index contributed by atoms with van der Waals surface area (Å²) in [5.74, 6) is -1.27. The molecule has 1 heterocycles. The fraction of sp³-hybridized carbons (Fsp3) is 0.0625. The topological polar surface area (TPSA) is 68.3 Å². The van der Waals surface area contributed by atoms with Crippen LogP contribution in [0.5, 0.6) is 0 Å². The van der Waals surface area contributed by atoms with Crippen molar-refractivity contribution in [2.45, 2.75) is 0 Å². The summed E-state index contributed by atoms with van der Waals surface area (Å²) in [5, 5.41) is 2.90. The number of halogens is 2. The number of benzene rings is 1. The summed E-state index contributed by atoms with van der Waals surface area (Å²) in [5.41, 5.74) is 0.637. The number of amides is 1. The van der Waals surface area contributed by atoms with Crippen LogP contribution in [-0.2, 0) is 14.3 Å². The van der Waals surface area contributed by atoms with Crippen molar-refractivity contribution in [3.63, 3.8) is 0 Å². The summed E-state index contributed by atoms with van der Waals surface area (Å²) in [7, 11) is 0. The van der Waals surface area contributed by atoms with E-state index in [4.69, 9.17) is 16.3 Å². The fourth-order valence-electron chi connectivity index (χ4n) is 1.55. The Hall–Kier alpha value is -2.73. The lowest BCUT2D eigenvalue weighted by Gasteiger charge is -2.04. The zero-order valence-electron chi connectivity index (χ0n) is 11.8. The standard InChI is InChI=1S/C16H12ClFN2O3/c17-12-4-7-14(19-9-12)20-15(21)10-23-16(22)8-3-11-1-5-13(18)6-2-11/h1-9H,10H2,(H,19,20,21)/b8-3+. The van der Waals surface area contributed by atoms with Crippen molar-refractivity contribution in [1.29, 1.82) is 0 Å². The molecule has 0 spiro atoms. The number of aromatic nitrogens is 1. The third-order valence-corrected chi connectivity index (χ3v) is 2.85. The molecule has 1 aromatic carbocycles. The van der Waals surface area contributed by atoms with Crippen LogP contribution in [0.15, 0.2) is 48.7 Å². The van der Waals surface area contributed by atoms with E-state index < -0.39 is 18.5 Å². The van der Waals surface area contributed by atoms with Gasteiger partial charge in [-0.1, -0.05) is 23.7 Å². The van der Waals surface area contributed by atoms with E-state index in [1.54, 1.807) is 6.07 Å². The van der Waals surface area contributed by atoms with Crippen LogP contribution in [0.1, 0.15) is 5.56 Å². The SMILES string of the molecule is O=C(COC(=O)/C=C/c1ccc(F)cc1)Nc1ccc(Cl)cn1. The lowest BCUT2D eigenvalue weighted by molar-refractivity contribution is -0.142. The molecule has 7 heteroatoms. The predicted octanol–water partition coefficient (Wildman–Crippen LogP) is 3.07. The first-order valence-corrected chi connectivity index (χ1v) is 6.92. The highest BCUT2D eigenvalue weighted by Crippen LogP contribution is 2.09. The summed E-state index contributed by atoms with van der Waals surface area (Å²) in [4.78, 5) is 27.0. The van der Waals surface area contributed by atoms with Gasteiger partial charge >= 0.3 is 5.97 Å². The molecule has 0 atom stereocenters. The van der Waals surface area contributed by atoms with E-state index in [0.29, 0.717) is 16.4 Å². The molecule has 0 aliphatic carbocycles. The van der Waals surface area contributed by atoms with Gasteiger partial charge in [0.25, 0.3) is 5.91 Å². The molecule has 118 valence electrons. The van der Waals surface area contributed by atoms with Gasteiger partial charge in [-0.15, -0.1) is 0 Å². The summed E-state index contributed by atoms with van der Waals surface area (Å²) in [6, 6.07) is 8.67. The van der Waals surface area contributed by atoms with Gasteiger partial charge in [-0.25, -0.2) is 14.2 Å². The molecule has 0 aliphatic heterocycles. The number of ether oxygens (including phenoxy) is 1. The highest BCUT2D eigenvalue weighted by Gasteiger charge is 2.06. The number of carbonyl (C=O) groups is 2. The zero-order valence-corrected chi connectivity index (χ0v) is 12.6. The second-order valence-electron chi connectivity index (χ2n) is 4.40. The smallest absolute Gasteiger partial charge is 0.331 e. The van der Waals surface area contributed by atoms with E-state index in [-0.39, 0.29) is 5.82 Å². The van der Waals surface area contributed by atoms with Gasteiger partial charge in [0, 0.05) is 12.3 Å². The van der Waals surface area contributed by atoms with Gasteiger partial charge in [0.15, 0.2) is 6.61 Å². The van der Waals surface area contributed by atoms with Gasteiger partial charge in [0.1, 0.15) is 11.6 Å². The van der Waals surface area contributed by atoms with Gasteiger partial charge in [0.05, 0.1) is 5.02 Å². The Morgan fingerprint density at radius 2 is 1.96 bits per heavy atom. The molecule has 0 bridgehead atoms. The molecule has 1 amide bonds. The van der Waals surface area contributed by atoms with Crippen LogP contribution in [0.3, 0.4) is 0 Å². The average molecular weight is 335 g/mol. The molecule has 0 aliphatic rings. The first kappa shape index (κ1) is 16.6. The highest BCUT2D eigenvalue weighted by atomic mass is 35.5. The number of anilines is 1. The Balaban J connectivity index is 1.78. The van der Waals surface area contributed by atoms with Gasteiger partial charge in [-0.2, -0.15) is 0 Å². The normalized spacial score (nSPS) is 10.5. The number of nitrogens with zero attached hydrogens (tertiary/aromatic N) is 1. The van der Waals surface area contributed by atoms with Gasteiger partial charge < -0.3 is 10.1 Å². The molecular weight excluding hydrogens is 323 g/mol. The minimum atomic E-state index is -0.687. The quantitative estimate of drug-likeness (QED) is 0.674. The van der Waals surface area contributed by atoms with E-state index in [9.17, 15) is 14.0 Å². The van der Waals surface area contributed by atoms with Crippen LogP contribution < -0.4 is 5.32 Å². The molecule has 0 saturated carbocycles. The second-order valence-corrected chi connectivity index (χ2v) is 4.84. The summed E-state index contributed by atoms with van der Waals surface area (Å²) in [6.07, 6.45) is 4.00. The molecular formula is C16H12ClFN2O3. The number of hydrogen-bond acceptors (Lipinski definition) is 4. The van der Waals surface area contributed by atoms with Crippen LogP contribution in [-0.4, -0.2) is 23.5 Å². The first-order chi connectivity index (χ1) is 11.0. The second kappa shape index (κ2) is 8.05. The van der Waals surface area contributed by atoms with Crippen LogP contribution in [0.4, 0.5) is 10.2 Å². The highest BCUT2D eigenvalue weighted by molar-refractivity contribution is 6.30. The molecule has 2 rings (SSSR count). The lowest BCUT2D eigenvalue weighted by Crippen LogP contribution is -2.20. The molecule has 1 N–H and O–H groups in total. The van der Waals surface area contributed by atoms with Crippen LogP contribution >= 0.6 is 11.6 Å². The molecule has 2 aromatic rings. The Kier molecular flexibility index (Phi) is 5.82.